The minimum atomic E-state index is -0.782. The number of nitrogens with one attached hydrogen (secondary N) is 1. The number of aromatic nitrogens is 2. The predicted molar refractivity (Wildman–Crippen MR) is 145 cm³/mol. The minimum absolute atomic E-state index is 0.155. The Morgan fingerprint density at radius 3 is 2.37 bits per heavy atom. The van der Waals surface area contributed by atoms with Gasteiger partial charge in [0.15, 0.2) is 0 Å². The molecule has 0 spiro atoms. The van der Waals surface area contributed by atoms with Gasteiger partial charge in [-0.05, 0) is 50.8 Å². The fourth-order valence-corrected chi connectivity index (χ4v) is 5.01. The van der Waals surface area contributed by atoms with Crippen LogP contribution in [-0.4, -0.2) is 70.8 Å². The van der Waals surface area contributed by atoms with Crippen LogP contribution in [0.25, 0.3) is 10.8 Å². The van der Waals surface area contributed by atoms with Crippen LogP contribution in [0.4, 0.5) is 5.69 Å². The first-order chi connectivity index (χ1) is 17.7. The topological polar surface area (TPSA) is 114 Å². The van der Waals surface area contributed by atoms with E-state index in [0.717, 1.165) is 31.9 Å². The summed E-state index contributed by atoms with van der Waals surface area (Å²) in [5.41, 5.74) is -0.0822. The zero-order chi connectivity index (χ0) is 27.8. The summed E-state index contributed by atoms with van der Waals surface area (Å²) in [7, 11) is 0. The molecule has 1 aromatic carbocycles. The second kappa shape index (κ2) is 10.5. The average molecular weight is 526 g/mol. The number of piperazine rings is 1. The van der Waals surface area contributed by atoms with E-state index in [0.29, 0.717) is 17.3 Å². The molecule has 10 heteroatoms. The molecule has 2 saturated heterocycles. The Morgan fingerprint density at radius 1 is 1.08 bits per heavy atom. The van der Waals surface area contributed by atoms with Crippen molar-refractivity contribution >= 4 is 34.2 Å². The average Bonchev–Trinajstić information content (AvgIpc) is 2.81. The first-order valence-electron chi connectivity index (χ1n) is 13.3. The lowest BCUT2D eigenvalue weighted by atomic mass is 9.80. The molecule has 3 heterocycles. The maximum absolute atomic E-state index is 13.1. The van der Waals surface area contributed by atoms with E-state index >= 15 is 0 Å². The van der Waals surface area contributed by atoms with Crippen molar-refractivity contribution in [1.82, 2.24) is 20.0 Å². The van der Waals surface area contributed by atoms with Crippen molar-refractivity contribution in [2.24, 2.45) is 11.3 Å². The van der Waals surface area contributed by atoms with Crippen LogP contribution in [0.1, 0.15) is 60.4 Å². The van der Waals surface area contributed by atoms with Gasteiger partial charge in [-0.15, -0.1) is 0 Å². The van der Waals surface area contributed by atoms with Crippen LogP contribution in [0.2, 0.25) is 0 Å². The predicted octanol–water partition coefficient (Wildman–Crippen LogP) is 2.50. The summed E-state index contributed by atoms with van der Waals surface area (Å²) in [6.45, 7) is 15.8. The van der Waals surface area contributed by atoms with Crippen molar-refractivity contribution in [3.05, 3.63) is 34.7 Å². The molecule has 1 N–H and O–H groups in total. The van der Waals surface area contributed by atoms with Gasteiger partial charge in [0, 0.05) is 50.2 Å². The van der Waals surface area contributed by atoms with Gasteiger partial charge in [0.05, 0.1) is 17.5 Å². The molecule has 0 radical (unpaired) electrons. The van der Waals surface area contributed by atoms with Crippen LogP contribution < -0.4 is 15.8 Å². The molecule has 0 saturated carbocycles. The zero-order valence-corrected chi connectivity index (χ0v) is 23.2. The van der Waals surface area contributed by atoms with Crippen molar-refractivity contribution in [2.75, 3.05) is 37.6 Å². The molecule has 2 atom stereocenters. The van der Waals surface area contributed by atoms with Crippen molar-refractivity contribution in [1.29, 1.82) is 0 Å². The van der Waals surface area contributed by atoms with Gasteiger partial charge in [0.2, 0.25) is 5.91 Å². The first-order valence-corrected chi connectivity index (χ1v) is 13.3. The highest BCUT2D eigenvalue weighted by Crippen LogP contribution is 2.30. The number of carbonyl (C=O) groups is 3. The monoisotopic (exact) mass is 525 g/mol. The molecular formula is C28H39N5O5. The molecule has 38 heavy (non-hydrogen) atoms. The SMILES string of the molecule is CC(C)(C)OC(=O)C(CN1CCN(c2ccc3c(=O)n(C4CCC(=O)NC4=O)ncc3c2)CC1)C(C)(C)C. The summed E-state index contributed by atoms with van der Waals surface area (Å²) in [5.74, 6) is -1.21. The minimum Gasteiger partial charge on any atom is -0.460 e. The number of hydrogen-bond donors (Lipinski definition) is 1. The van der Waals surface area contributed by atoms with Gasteiger partial charge in [-0.25, -0.2) is 4.68 Å². The number of esters is 1. The Kier molecular flexibility index (Phi) is 7.65. The molecule has 2 amide bonds. The van der Waals surface area contributed by atoms with E-state index in [1.807, 2.05) is 32.9 Å². The molecule has 0 bridgehead atoms. The largest absolute Gasteiger partial charge is 0.460 e. The lowest BCUT2D eigenvalue weighted by Gasteiger charge is -2.40. The Bertz CT molecular complexity index is 1280. The van der Waals surface area contributed by atoms with E-state index in [1.54, 1.807) is 12.3 Å². The first kappa shape index (κ1) is 27.8. The third-order valence-corrected chi connectivity index (χ3v) is 7.22. The van der Waals surface area contributed by atoms with E-state index < -0.39 is 17.6 Å². The van der Waals surface area contributed by atoms with Crippen molar-refractivity contribution in [3.63, 3.8) is 0 Å². The van der Waals surface area contributed by atoms with Crippen molar-refractivity contribution < 1.29 is 19.1 Å². The molecule has 2 fully saturated rings. The maximum Gasteiger partial charge on any atom is 0.311 e. The summed E-state index contributed by atoms with van der Waals surface area (Å²) in [4.78, 5) is 54.3. The van der Waals surface area contributed by atoms with Gasteiger partial charge in [0.1, 0.15) is 11.6 Å². The smallest absolute Gasteiger partial charge is 0.311 e. The van der Waals surface area contributed by atoms with Gasteiger partial charge in [-0.1, -0.05) is 20.8 Å². The van der Waals surface area contributed by atoms with Gasteiger partial charge >= 0.3 is 5.97 Å². The highest BCUT2D eigenvalue weighted by Gasteiger charge is 2.37. The van der Waals surface area contributed by atoms with Gasteiger partial charge < -0.3 is 9.64 Å². The van der Waals surface area contributed by atoms with Gasteiger partial charge in [-0.2, -0.15) is 5.10 Å². The fraction of sp³-hybridized carbons (Fsp3) is 0.607. The van der Waals surface area contributed by atoms with Crippen LogP contribution in [0.5, 0.6) is 0 Å². The second-order valence-electron chi connectivity index (χ2n) is 12.4. The van der Waals surface area contributed by atoms with Crippen molar-refractivity contribution in [2.45, 2.75) is 66.0 Å². The number of hydrogen-bond acceptors (Lipinski definition) is 8. The van der Waals surface area contributed by atoms with Crippen LogP contribution in [0, 0.1) is 11.3 Å². The summed E-state index contributed by atoms with van der Waals surface area (Å²) in [6, 6.07) is 4.87. The number of fused-ring (bicyclic) bond motifs is 1. The van der Waals surface area contributed by atoms with Crippen LogP contribution in [0.15, 0.2) is 29.2 Å². The third kappa shape index (κ3) is 6.23. The number of amides is 2. The lowest BCUT2D eigenvalue weighted by Crippen LogP contribution is -2.50. The normalized spacial score (nSPS) is 20.4. The summed E-state index contributed by atoms with van der Waals surface area (Å²) in [5, 5.41) is 7.73. The van der Waals surface area contributed by atoms with E-state index in [2.05, 4.69) is 41.0 Å². The van der Waals surface area contributed by atoms with Gasteiger partial charge in [-0.3, -0.25) is 29.4 Å². The quantitative estimate of drug-likeness (QED) is 0.468. The van der Waals surface area contributed by atoms with Crippen LogP contribution >= 0.6 is 0 Å². The summed E-state index contributed by atoms with van der Waals surface area (Å²) < 4.78 is 6.90. The molecule has 10 nitrogen and oxygen atoms in total. The van der Waals surface area contributed by atoms with E-state index in [-0.39, 0.29) is 41.6 Å². The third-order valence-electron chi connectivity index (χ3n) is 7.22. The molecule has 2 aliphatic heterocycles. The Hall–Kier alpha value is -3.27. The lowest BCUT2D eigenvalue weighted by molar-refractivity contribution is -0.165. The van der Waals surface area contributed by atoms with E-state index in [4.69, 9.17) is 4.74 Å². The molecule has 2 aliphatic rings. The number of benzene rings is 1. The summed E-state index contributed by atoms with van der Waals surface area (Å²) >= 11 is 0. The highest BCUT2D eigenvalue weighted by atomic mass is 16.6. The molecule has 0 aliphatic carbocycles. The number of anilines is 1. The number of nitrogens with zero attached hydrogens (tertiary/aromatic N) is 4. The fourth-order valence-electron chi connectivity index (χ4n) is 5.01. The van der Waals surface area contributed by atoms with E-state index in [9.17, 15) is 19.2 Å². The van der Waals surface area contributed by atoms with Crippen LogP contribution in [-0.2, 0) is 19.1 Å². The molecule has 1 aromatic heterocycles. The standard InChI is InChI=1S/C28H39N5O5/c1-27(2,3)21(26(37)38-28(4,5)6)17-31-11-13-32(14-12-31)19-7-8-20-18(15-19)16-29-33(25(20)36)22-9-10-23(34)30-24(22)35/h7-8,15-16,21-22H,9-14,17H2,1-6H3,(H,30,34,35). The van der Waals surface area contributed by atoms with Crippen molar-refractivity contribution in [3.8, 4) is 0 Å². The maximum atomic E-state index is 13.1. The highest BCUT2D eigenvalue weighted by molar-refractivity contribution is 5.99. The summed E-state index contributed by atoms with van der Waals surface area (Å²) in [6.07, 6.45) is 2.05. The van der Waals surface area contributed by atoms with Gasteiger partial charge in [0.25, 0.3) is 11.5 Å². The molecule has 206 valence electrons. The molecular weight excluding hydrogens is 486 g/mol. The number of imide groups is 1. The number of ether oxygens (including phenoxy) is 1. The molecule has 2 unspecified atom stereocenters. The number of rotatable bonds is 5. The Labute approximate surface area is 223 Å². The second-order valence-corrected chi connectivity index (χ2v) is 12.4. The molecule has 4 rings (SSSR count). The number of piperidine rings is 1. The molecule has 2 aromatic rings. The van der Waals surface area contributed by atoms with Crippen LogP contribution in [0.3, 0.4) is 0 Å². The Balaban J connectivity index is 1.44. The zero-order valence-electron chi connectivity index (χ0n) is 23.2. The Morgan fingerprint density at radius 2 is 1.76 bits per heavy atom. The number of carbonyl (C=O) groups excluding carboxylic acids is 3. The van der Waals surface area contributed by atoms with E-state index in [1.165, 1.54) is 4.68 Å².